The smallest absolute Gasteiger partial charge is 0.410 e. The monoisotopic (exact) mass is 258 g/mol. The van der Waals surface area contributed by atoms with Gasteiger partial charge in [0.1, 0.15) is 6.04 Å². The van der Waals surface area contributed by atoms with Gasteiger partial charge in [0.2, 0.25) is 5.91 Å². The second kappa shape index (κ2) is 6.58. The number of ether oxygens (including phenoxy) is 2. The minimum Gasteiger partial charge on any atom is -0.447 e. The first kappa shape index (κ1) is 14.8. The zero-order chi connectivity index (χ0) is 13.7. The number of hydrogen-bond donors (Lipinski definition) is 1. The summed E-state index contributed by atoms with van der Waals surface area (Å²) in [6.45, 7) is 8.33. The number of rotatable bonds is 3. The number of amides is 2. The second-order valence-corrected chi connectivity index (χ2v) is 4.88. The van der Waals surface area contributed by atoms with Gasteiger partial charge in [-0.1, -0.05) is 0 Å². The molecule has 18 heavy (non-hydrogen) atoms. The molecule has 0 bridgehead atoms. The Bertz CT molecular complexity index is 274. The summed E-state index contributed by atoms with van der Waals surface area (Å²) in [7, 11) is 0. The lowest BCUT2D eigenvalue weighted by Gasteiger charge is -2.34. The van der Waals surface area contributed by atoms with Crippen LogP contribution in [0, 0.1) is 0 Å². The largest absolute Gasteiger partial charge is 0.447 e. The Labute approximate surface area is 108 Å². The molecular weight excluding hydrogens is 236 g/mol. The predicted octanol–water partition coefficient (Wildman–Crippen LogP) is 0.757. The molecular formula is C12H22N2O4. The van der Waals surface area contributed by atoms with E-state index in [2.05, 4.69) is 5.32 Å². The summed E-state index contributed by atoms with van der Waals surface area (Å²) in [5.41, 5.74) is 0. The molecule has 0 radical (unpaired) electrons. The van der Waals surface area contributed by atoms with E-state index in [0.717, 1.165) is 0 Å². The molecule has 0 saturated carbocycles. The van der Waals surface area contributed by atoms with Crippen molar-refractivity contribution >= 4 is 12.0 Å². The molecule has 2 amide bonds. The van der Waals surface area contributed by atoms with Gasteiger partial charge in [0.05, 0.1) is 19.3 Å². The zero-order valence-corrected chi connectivity index (χ0v) is 11.4. The molecule has 6 heteroatoms. The fraction of sp³-hybridized carbons (Fsp3) is 0.833. The Kier molecular flexibility index (Phi) is 5.40. The Balaban J connectivity index is 2.67. The average molecular weight is 258 g/mol. The Morgan fingerprint density at radius 1 is 1.33 bits per heavy atom. The third kappa shape index (κ3) is 4.18. The molecule has 0 aromatic heterocycles. The number of nitrogens with zero attached hydrogens (tertiary/aromatic N) is 1. The zero-order valence-electron chi connectivity index (χ0n) is 11.4. The van der Waals surface area contributed by atoms with Gasteiger partial charge in [-0.05, 0) is 27.7 Å². The maximum absolute atomic E-state index is 12.0. The fourth-order valence-electron chi connectivity index (χ4n) is 1.69. The number of nitrogens with one attached hydrogen (secondary N) is 1. The normalized spacial score (nSPS) is 20.1. The lowest BCUT2D eigenvalue weighted by molar-refractivity contribution is -0.132. The molecule has 6 nitrogen and oxygen atoms in total. The number of carbonyl (C=O) groups excluding carboxylic acids is 2. The van der Waals surface area contributed by atoms with Crippen LogP contribution in [-0.2, 0) is 14.3 Å². The van der Waals surface area contributed by atoms with E-state index in [1.165, 1.54) is 4.90 Å². The van der Waals surface area contributed by atoms with Crippen LogP contribution in [0.2, 0.25) is 0 Å². The maximum atomic E-state index is 12.0. The van der Waals surface area contributed by atoms with Gasteiger partial charge in [-0.3, -0.25) is 9.69 Å². The third-order valence-corrected chi connectivity index (χ3v) is 2.43. The minimum atomic E-state index is -0.604. The van der Waals surface area contributed by atoms with Crippen molar-refractivity contribution in [3.63, 3.8) is 0 Å². The van der Waals surface area contributed by atoms with Gasteiger partial charge in [-0.2, -0.15) is 0 Å². The van der Waals surface area contributed by atoms with Crippen molar-refractivity contribution in [1.82, 2.24) is 10.2 Å². The highest BCUT2D eigenvalue weighted by Gasteiger charge is 2.34. The van der Waals surface area contributed by atoms with E-state index >= 15 is 0 Å². The molecule has 1 heterocycles. The van der Waals surface area contributed by atoms with Gasteiger partial charge in [-0.25, -0.2) is 4.79 Å². The highest BCUT2D eigenvalue weighted by atomic mass is 16.6. The maximum Gasteiger partial charge on any atom is 0.410 e. The SMILES string of the molecule is CC(C)NC(=O)C1COCCN1C(=O)OC(C)C. The van der Waals surface area contributed by atoms with Crippen LogP contribution in [0.3, 0.4) is 0 Å². The van der Waals surface area contributed by atoms with Crippen molar-refractivity contribution in [3.05, 3.63) is 0 Å². The van der Waals surface area contributed by atoms with E-state index in [0.29, 0.717) is 13.2 Å². The average Bonchev–Trinajstić information content (AvgIpc) is 2.27. The molecule has 0 aromatic carbocycles. The molecule has 0 aromatic rings. The highest BCUT2D eigenvalue weighted by molar-refractivity contribution is 5.86. The van der Waals surface area contributed by atoms with Crippen LogP contribution in [0.15, 0.2) is 0 Å². The van der Waals surface area contributed by atoms with Crippen molar-refractivity contribution in [3.8, 4) is 0 Å². The van der Waals surface area contributed by atoms with Crippen molar-refractivity contribution in [1.29, 1.82) is 0 Å². The van der Waals surface area contributed by atoms with Crippen molar-refractivity contribution in [2.75, 3.05) is 19.8 Å². The van der Waals surface area contributed by atoms with Crippen LogP contribution in [0.25, 0.3) is 0 Å². The van der Waals surface area contributed by atoms with E-state index < -0.39 is 12.1 Å². The number of morpholine rings is 1. The molecule has 0 aliphatic carbocycles. The first-order valence-electron chi connectivity index (χ1n) is 6.27. The van der Waals surface area contributed by atoms with Gasteiger partial charge >= 0.3 is 6.09 Å². The minimum absolute atomic E-state index is 0.0300. The van der Waals surface area contributed by atoms with Gasteiger partial charge in [0, 0.05) is 12.6 Å². The molecule has 1 aliphatic rings. The molecule has 1 fully saturated rings. The molecule has 104 valence electrons. The third-order valence-electron chi connectivity index (χ3n) is 2.43. The van der Waals surface area contributed by atoms with Crippen LogP contribution in [-0.4, -0.2) is 54.8 Å². The number of carbonyl (C=O) groups is 2. The summed E-state index contributed by atoms with van der Waals surface area (Å²) >= 11 is 0. The first-order chi connectivity index (χ1) is 8.41. The predicted molar refractivity (Wildman–Crippen MR) is 66.2 cm³/mol. The Morgan fingerprint density at radius 2 is 2.00 bits per heavy atom. The van der Waals surface area contributed by atoms with Crippen LogP contribution in [0.5, 0.6) is 0 Å². The molecule has 1 atom stereocenters. The molecule has 1 saturated heterocycles. The van der Waals surface area contributed by atoms with E-state index in [1.807, 2.05) is 13.8 Å². The van der Waals surface area contributed by atoms with E-state index in [1.54, 1.807) is 13.8 Å². The van der Waals surface area contributed by atoms with Crippen LogP contribution >= 0.6 is 0 Å². The van der Waals surface area contributed by atoms with Gasteiger partial charge in [-0.15, -0.1) is 0 Å². The van der Waals surface area contributed by atoms with Crippen LogP contribution in [0.4, 0.5) is 4.79 Å². The summed E-state index contributed by atoms with van der Waals surface area (Å²) in [6.07, 6.45) is -0.661. The summed E-state index contributed by atoms with van der Waals surface area (Å²) in [4.78, 5) is 25.3. The first-order valence-corrected chi connectivity index (χ1v) is 6.27. The summed E-state index contributed by atoms with van der Waals surface area (Å²) < 4.78 is 10.4. The summed E-state index contributed by atoms with van der Waals surface area (Å²) in [6, 6.07) is -0.574. The molecule has 1 rings (SSSR count). The van der Waals surface area contributed by atoms with Crippen LogP contribution < -0.4 is 5.32 Å². The Hall–Kier alpha value is -1.30. The molecule has 1 aliphatic heterocycles. The number of hydrogen-bond acceptors (Lipinski definition) is 4. The van der Waals surface area contributed by atoms with Crippen LogP contribution in [0.1, 0.15) is 27.7 Å². The molecule has 0 spiro atoms. The van der Waals surface area contributed by atoms with Gasteiger partial charge < -0.3 is 14.8 Å². The fourth-order valence-corrected chi connectivity index (χ4v) is 1.69. The summed E-state index contributed by atoms with van der Waals surface area (Å²) in [5, 5.41) is 2.78. The van der Waals surface area contributed by atoms with Gasteiger partial charge in [0.25, 0.3) is 0 Å². The molecule has 1 unspecified atom stereocenters. The topological polar surface area (TPSA) is 67.9 Å². The van der Waals surface area contributed by atoms with E-state index in [9.17, 15) is 9.59 Å². The van der Waals surface area contributed by atoms with Gasteiger partial charge in [0.15, 0.2) is 0 Å². The van der Waals surface area contributed by atoms with Crippen molar-refractivity contribution in [2.45, 2.75) is 45.9 Å². The standard InChI is InChI=1S/C12H22N2O4/c1-8(2)13-11(15)10-7-17-6-5-14(10)12(16)18-9(3)4/h8-10H,5-7H2,1-4H3,(H,13,15). The Morgan fingerprint density at radius 3 is 2.56 bits per heavy atom. The van der Waals surface area contributed by atoms with Crippen molar-refractivity contribution < 1.29 is 19.1 Å². The summed E-state index contributed by atoms with van der Waals surface area (Å²) in [5.74, 6) is -0.203. The van der Waals surface area contributed by atoms with E-state index in [-0.39, 0.29) is 24.7 Å². The highest BCUT2D eigenvalue weighted by Crippen LogP contribution is 2.10. The molecule has 1 N–H and O–H groups in total. The second-order valence-electron chi connectivity index (χ2n) is 4.88. The lowest BCUT2D eigenvalue weighted by atomic mass is 10.2. The quantitative estimate of drug-likeness (QED) is 0.811. The van der Waals surface area contributed by atoms with E-state index in [4.69, 9.17) is 9.47 Å². The van der Waals surface area contributed by atoms with Crippen molar-refractivity contribution in [2.24, 2.45) is 0 Å². The lowest BCUT2D eigenvalue weighted by Crippen LogP contribution is -2.57.